The van der Waals surface area contributed by atoms with Gasteiger partial charge in [0.25, 0.3) is 5.91 Å². The van der Waals surface area contributed by atoms with E-state index in [-0.39, 0.29) is 18.6 Å². The molecule has 0 saturated carbocycles. The van der Waals surface area contributed by atoms with Gasteiger partial charge in [-0.2, -0.15) is 5.26 Å². The van der Waals surface area contributed by atoms with Crippen LogP contribution in [-0.4, -0.2) is 18.5 Å². The van der Waals surface area contributed by atoms with Crippen LogP contribution < -0.4 is 5.32 Å². The predicted molar refractivity (Wildman–Crippen MR) is 119 cm³/mol. The fraction of sp³-hybridized carbons (Fsp3) is 0.115. The van der Waals surface area contributed by atoms with Gasteiger partial charge in [-0.3, -0.25) is 4.79 Å². The first-order valence-electron chi connectivity index (χ1n) is 9.87. The number of nitrogens with zero attached hydrogens (tertiary/aromatic N) is 1. The summed E-state index contributed by atoms with van der Waals surface area (Å²) in [6.07, 6.45) is 3.46. The van der Waals surface area contributed by atoms with Crippen LogP contribution in [0, 0.1) is 11.3 Å². The van der Waals surface area contributed by atoms with E-state index in [4.69, 9.17) is 10.00 Å². The molecule has 1 atom stereocenters. The smallest absolute Gasteiger partial charge is 0.331 e. The van der Waals surface area contributed by atoms with E-state index in [9.17, 15) is 9.59 Å². The molecule has 0 aromatic heterocycles. The van der Waals surface area contributed by atoms with Crippen LogP contribution >= 0.6 is 0 Å². The van der Waals surface area contributed by atoms with E-state index < -0.39 is 5.97 Å². The summed E-state index contributed by atoms with van der Waals surface area (Å²) >= 11 is 0. The Morgan fingerprint density at radius 1 is 0.935 bits per heavy atom. The molecular weight excluding hydrogens is 388 g/mol. The molecule has 1 N–H and O–H groups in total. The van der Waals surface area contributed by atoms with Crippen molar-refractivity contribution in [2.75, 3.05) is 6.61 Å². The van der Waals surface area contributed by atoms with Crippen LogP contribution in [0.5, 0.6) is 0 Å². The van der Waals surface area contributed by atoms with Crippen LogP contribution in [0.3, 0.4) is 0 Å². The third-order valence-electron chi connectivity index (χ3n) is 4.62. The maximum absolute atomic E-state index is 12.4. The van der Waals surface area contributed by atoms with Crippen LogP contribution in [0.2, 0.25) is 0 Å². The average Bonchev–Trinajstić information content (AvgIpc) is 2.82. The largest absolute Gasteiger partial charge is 0.452 e. The van der Waals surface area contributed by atoms with Gasteiger partial charge < -0.3 is 10.1 Å². The van der Waals surface area contributed by atoms with Crippen LogP contribution in [0.25, 0.3) is 6.08 Å². The molecule has 0 radical (unpaired) electrons. The summed E-state index contributed by atoms with van der Waals surface area (Å²) in [7, 11) is 0. The van der Waals surface area contributed by atoms with Gasteiger partial charge in [-0.25, -0.2) is 4.79 Å². The number of nitriles is 1. The molecular formula is C26H22N2O3. The minimum Gasteiger partial charge on any atom is -0.452 e. The van der Waals surface area contributed by atoms with Crippen molar-refractivity contribution in [2.24, 2.45) is 0 Å². The Balaban J connectivity index is 1.55. The van der Waals surface area contributed by atoms with Crippen LogP contribution in [0.1, 0.15) is 28.3 Å². The maximum Gasteiger partial charge on any atom is 0.331 e. The zero-order valence-electron chi connectivity index (χ0n) is 16.9. The third-order valence-corrected chi connectivity index (χ3v) is 4.62. The second-order valence-corrected chi connectivity index (χ2v) is 6.90. The standard InChI is InChI=1S/C26H22N2O3/c27-18-22-13-11-20(12-14-22)15-16-26(30)31-19-25(29)28-24(23-9-5-2-6-10-23)17-21-7-3-1-4-8-21/h1-16,24H,17,19H2,(H,28,29)/b16-15+/t24-/m1/s1. The molecule has 5 nitrogen and oxygen atoms in total. The van der Waals surface area contributed by atoms with E-state index in [1.54, 1.807) is 30.3 Å². The molecule has 154 valence electrons. The van der Waals surface area contributed by atoms with Crippen molar-refractivity contribution in [1.29, 1.82) is 5.26 Å². The van der Waals surface area contributed by atoms with Crippen molar-refractivity contribution in [3.8, 4) is 6.07 Å². The molecule has 3 aromatic carbocycles. The van der Waals surface area contributed by atoms with Crippen LogP contribution in [0.15, 0.2) is 91.0 Å². The highest BCUT2D eigenvalue weighted by atomic mass is 16.5. The van der Waals surface area contributed by atoms with Gasteiger partial charge in [-0.05, 0) is 41.3 Å². The van der Waals surface area contributed by atoms with Gasteiger partial charge in [-0.15, -0.1) is 0 Å². The lowest BCUT2D eigenvalue weighted by molar-refractivity contribution is -0.144. The molecule has 1 amide bonds. The number of benzene rings is 3. The molecule has 3 aromatic rings. The van der Waals surface area contributed by atoms with Crippen LogP contribution in [-0.2, 0) is 20.7 Å². The average molecular weight is 410 g/mol. The molecule has 0 heterocycles. The molecule has 5 heteroatoms. The molecule has 0 aliphatic heterocycles. The fourth-order valence-electron chi connectivity index (χ4n) is 3.04. The summed E-state index contributed by atoms with van der Waals surface area (Å²) in [5, 5.41) is 11.8. The lowest BCUT2D eigenvalue weighted by Gasteiger charge is -2.19. The lowest BCUT2D eigenvalue weighted by Crippen LogP contribution is -2.33. The maximum atomic E-state index is 12.4. The van der Waals surface area contributed by atoms with Gasteiger partial charge in [0.05, 0.1) is 17.7 Å². The summed E-state index contributed by atoms with van der Waals surface area (Å²) < 4.78 is 5.07. The fourth-order valence-corrected chi connectivity index (χ4v) is 3.04. The SMILES string of the molecule is N#Cc1ccc(/C=C/C(=O)OCC(=O)N[C@H](Cc2ccccc2)c2ccccc2)cc1. The lowest BCUT2D eigenvalue weighted by atomic mass is 9.99. The zero-order chi connectivity index (χ0) is 21.9. The first-order chi connectivity index (χ1) is 15.1. The van der Waals surface area contributed by atoms with Gasteiger partial charge in [-0.1, -0.05) is 72.8 Å². The van der Waals surface area contributed by atoms with E-state index in [1.807, 2.05) is 66.7 Å². The summed E-state index contributed by atoms with van der Waals surface area (Å²) in [6, 6.07) is 28.2. The first kappa shape index (κ1) is 21.5. The highest BCUT2D eigenvalue weighted by molar-refractivity contribution is 5.89. The van der Waals surface area contributed by atoms with E-state index in [0.29, 0.717) is 12.0 Å². The van der Waals surface area contributed by atoms with Gasteiger partial charge in [0, 0.05) is 6.08 Å². The number of carbonyl (C=O) groups excluding carboxylic acids is 2. The molecule has 0 aliphatic carbocycles. The Morgan fingerprint density at radius 2 is 1.58 bits per heavy atom. The Labute approximate surface area is 181 Å². The molecule has 0 aliphatic rings. The van der Waals surface area contributed by atoms with E-state index in [0.717, 1.165) is 16.7 Å². The summed E-state index contributed by atoms with van der Waals surface area (Å²) in [4.78, 5) is 24.4. The van der Waals surface area contributed by atoms with Gasteiger partial charge >= 0.3 is 5.97 Å². The summed E-state index contributed by atoms with van der Waals surface area (Å²) in [5.74, 6) is -0.983. The summed E-state index contributed by atoms with van der Waals surface area (Å²) in [5.41, 5.74) is 3.37. The topological polar surface area (TPSA) is 79.2 Å². The number of carbonyl (C=O) groups is 2. The highest BCUT2D eigenvalue weighted by Crippen LogP contribution is 2.18. The number of ether oxygens (including phenoxy) is 1. The number of hydrogen-bond acceptors (Lipinski definition) is 4. The van der Waals surface area contributed by atoms with E-state index in [1.165, 1.54) is 6.08 Å². The minimum atomic E-state index is -0.612. The van der Waals surface area contributed by atoms with Crippen molar-refractivity contribution < 1.29 is 14.3 Å². The molecule has 0 saturated heterocycles. The quantitative estimate of drug-likeness (QED) is 0.446. The van der Waals surface area contributed by atoms with Crippen molar-refractivity contribution in [1.82, 2.24) is 5.32 Å². The van der Waals surface area contributed by atoms with Crippen LogP contribution in [0.4, 0.5) is 0 Å². The molecule has 3 rings (SSSR count). The normalized spacial score (nSPS) is 11.5. The second kappa shape index (κ2) is 11.1. The Bertz CT molecular complexity index is 1070. The molecule has 0 unspecified atom stereocenters. The van der Waals surface area contributed by atoms with Gasteiger partial charge in [0.15, 0.2) is 6.61 Å². The first-order valence-corrected chi connectivity index (χ1v) is 9.87. The van der Waals surface area contributed by atoms with E-state index >= 15 is 0 Å². The van der Waals surface area contributed by atoms with Gasteiger partial charge in [0.2, 0.25) is 0 Å². The molecule has 0 fully saturated rings. The second-order valence-electron chi connectivity index (χ2n) is 6.90. The van der Waals surface area contributed by atoms with Crippen molar-refractivity contribution in [2.45, 2.75) is 12.5 Å². The summed E-state index contributed by atoms with van der Waals surface area (Å²) in [6.45, 7) is -0.366. The molecule has 0 bridgehead atoms. The monoisotopic (exact) mass is 410 g/mol. The van der Waals surface area contributed by atoms with E-state index in [2.05, 4.69) is 5.32 Å². The Kier molecular flexibility index (Phi) is 7.73. The Hall–Kier alpha value is -4.17. The highest BCUT2D eigenvalue weighted by Gasteiger charge is 2.16. The minimum absolute atomic E-state index is 0.232. The number of amides is 1. The third kappa shape index (κ3) is 6.98. The number of esters is 1. The number of nitrogens with one attached hydrogen (secondary N) is 1. The van der Waals surface area contributed by atoms with Crippen molar-refractivity contribution >= 4 is 18.0 Å². The number of rotatable bonds is 8. The molecule has 31 heavy (non-hydrogen) atoms. The molecule has 0 spiro atoms. The van der Waals surface area contributed by atoms with Crippen molar-refractivity contribution in [3.05, 3.63) is 113 Å². The Morgan fingerprint density at radius 3 is 2.23 bits per heavy atom. The van der Waals surface area contributed by atoms with Gasteiger partial charge in [0.1, 0.15) is 0 Å². The number of hydrogen-bond donors (Lipinski definition) is 1. The zero-order valence-corrected chi connectivity index (χ0v) is 16.9. The van der Waals surface area contributed by atoms with Crippen molar-refractivity contribution in [3.63, 3.8) is 0 Å². The predicted octanol–water partition coefficient (Wildman–Crippen LogP) is 4.21.